The smallest absolute Gasteiger partial charge is 0.349 e. The molecule has 0 bridgehead atoms. The van der Waals surface area contributed by atoms with Crippen molar-refractivity contribution in [2.75, 3.05) is 5.32 Å². The van der Waals surface area contributed by atoms with Crippen molar-refractivity contribution in [3.8, 4) is 0 Å². The molecule has 0 aliphatic heterocycles. The number of halogens is 2. The molecule has 2 N–H and O–H groups in total. The molecule has 0 saturated carbocycles. The van der Waals surface area contributed by atoms with E-state index < -0.39 is 36.0 Å². The standard InChI is InChI=1S/C31H23Cl2N3O7/c1-18-2-12-24(13-3-18)35-36-25-16-14-23(15-17-25)34-28(37)26(42-30(40)19-4-8-21(32)9-5-19)27(29(38)39)43-31(41)20-6-10-22(33)11-7-20/h2-17,26-27H,1H3,(H,34,37)(H,38,39)/t26-,27+/m1/s1. The normalized spacial score (nSPS) is 12.3. The highest BCUT2D eigenvalue weighted by molar-refractivity contribution is 6.31. The van der Waals surface area contributed by atoms with Gasteiger partial charge in [0.1, 0.15) is 0 Å². The maximum Gasteiger partial charge on any atom is 0.349 e. The third-order valence-electron chi connectivity index (χ3n) is 5.85. The predicted octanol–water partition coefficient (Wildman–Crippen LogP) is 7.19. The first-order chi connectivity index (χ1) is 20.6. The number of anilines is 1. The van der Waals surface area contributed by atoms with Crippen molar-refractivity contribution in [2.45, 2.75) is 19.1 Å². The summed E-state index contributed by atoms with van der Waals surface area (Å²) in [5, 5.41) is 21.4. The van der Waals surface area contributed by atoms with E-state index in [1.807, 2.05) is 31.2 Å². The van der Waals surface area contributed by atoms with Crippen LogP contribution in [0.15, 0.2) is 107 Å². The van der Waals surface area contributed by atoms with Crippen molar-refractivity contribution in [1.29, 1.82) is 0 Å². The van der Waals surface area contributed by atoms with Crippen molar-refractivity contribution in [2.24, 2.45) is 10.2 Å². The number of aliphatic carboxylic acids is 1. The minimum Gasteiger partial charge on any atom is -0.478 e. The fraction of sp³-hybridized carbons (Fsp3) is 0.0968. The summed E-state index contributed by atoms with van der Waals surface area (Å²) >= 11 is 11.7. The number of carboxylic acid groups (broad SMARTS) is 1. The average Bonchev–Trinajstić information content (AvgIpc) is 2.99. The summed E-state index contributed by atoms with van der Waals surface area (Å²) in [6, 6.07) is 24.5. The molecule has 0 spiro atoms. The van der Waals surface area contributed by atoms with Crippen molar-refractivity contribution >= 4 is 64.1 Å². The number of esters is 2. The molecule has 4 aromatic rings. The highest BCUT2D eigenvalue weighted by Crippen LogP contribution is 2.22. The van der Waals surface area contributed by atoms with E-state index in [2.05, 4.69) is 15.5 Å². The van der Waals surface area contributed by atoms with Crippen LogP contribution in [0.5, 0.6) is 0 Å². The van der Waals surface area contributed by atoms with Gasteiger partial charge in [0.15, 0.2) is 0 Å². The van der Waals surface area contributed by atoms with Gasteiger partial charge in [0.2, 0.25) is 12.2 Å². The summed E-state index contributed by atoms with van der Waals surface area (Å²) in [6.45, 7) is 1.96. The van der Waals surface area contributed by atoms with Gasteiger partial charge in [0.05, 0.1) is 22.5 Å². The third-order valence-corrected chi connectivity index (χ3v) is 6.36. The lowest BCUT2D eigenvalue weighted by molar-refractivity contribution is -0.157. The van der Waals surface area contributed by atoms with Gasteiger partial charge >= 0.3 is 17.9 Å². The average molecular weight is 620 g/mol. The zero-order chi connectivity index (χ0) is 30.9. The van der Waals surface area contributed by atoms with Crippen LogP contribution in [0.1, 0.15) is 26.3 Å². The van der Waals surface area contributed by atoms with Gasteiger partial charge in [-0.25, -0.2) is 14.4 Å². The Hall–Kier alpha value is -5.06. The number of hydrogen-bond acceptors (Lipinski definition) is 8. The van der Waals surface area contributed by atoms with Crippen LogP contribution in [0.25, 0.3) is 0 Å². The molecule has 2 atom stereocenters. The number of azo groups is 1. The molecule has 0 aliphatic rings. The molecule has 10 nitrogen and oxygen atoms in total. The summed E-state index contributed by atoms with van der Waals surface area (Å²) in [4.78, 5) is 51.2. The van der Waals surface area contributed by atoms with Gasteiger partial charge in [-0.1, -0.05) is 40.9 Å². The number of hydrogen-bond donors (Lipinski definition) is 2. The van der Waals surface area contributed by atoms with E-state index in [0.29, 0.717) is 21.4 Å². The van der Waals surface area contributed by atoms with Crippen LogP contribution < -0.4 is 5.32 Å². The van der Waals surface area contributed by atoms with Crippen LogP contribution in [0.2, 0.25) is 10.0 Å². The number of amides is 1. The van der Waals surface area contributed by atoms with Gasteiger partial charge < -0.3 is 19.9 Å². The molecule has 0 fully saturated rings. The Morgan fingerprint density at radius 2 is 1.07 bits per heavy atom. The lowest BCUT2D eigenvalue weighted by Crippen LogP contribution is -2.48. The van der Waals surface area contributed by atoms with Crippen molar-refractivity contribution in [1.82, 2.24) is 0 Å². The first-order valence-electron chi connectivity index (χ1n) is 12.6. The van der Waals surface area contributed by atoms with Crippen LogP contribution >= 0.6 is 23.2 Å². The first-order valence-corrected chi connectivity index (χ1v) is 13.4. The van der Waals surface area contributed by atoms with E-state index in [1.165, 1.54) is 60.7 Å². The van der Waals surface area contributed by atoms with E-state index >= 15 is 0 Å². The molecule has 218 valence electrons. The fourth-order valence-electron chi connectivity index (χ4n) is 3.58. The van der Waals surface area contributed by atoms with Crippen molar-refractivity contribution in [3.05, 3.63) is 124 Å². The number of nitrogens with zero attached hydrogens (tertiary/aromatic N) is 2. The van der Waals surface area contributed by atoms with Gasteiger partial charge in [-0.15, -0.1) is 0 Å². The molecule has 4 aromatic carbocycles. The summed E-state index contributed by atoms with van der Waals surface area (Å²) in [5.41, 5.74) is 2.39. The SMILES string of the molecule is Cc1ccc(N=Nc2ccc(NC(=O)[C@H](OC(=O)c3ccc(Cl)cc3)[C@H](OC(=O)c3ccc(Cl)cc3)C(=O)O)cc2)cc1. The van der Waals surface area contributed by atoms with Gasteiger partial charge in [0.25, 0.3) is 5.91 Å². The Balaban J connectivity index is 1.55. The fourth-order valence-corrected chi connectivity index (χ4v) is 3.84. The quantitative estimate of drug-likeness (QED) is 0.141. The van der Waals surface area contributed by atoms with E-state index in [9.17, 15) is 24.3 Å². The topological polar surface area (TPSA) is 144 Å². The Bertz CT molecular complexity index is 1640. The highest BCUT2D eigenvalue weighted by Gasteiger charge is 2.41. The molecule has 12 heteroatoms. The number of rotatable bonds is 10. The Labute approximate surface area is 255 Å². The van der Waals surface area contributed by atoms with Crippen LogP contribution in [-0.4, -0.2) is 41.1 Å². The number of nitrogens with one attached hydrogen (secondary N) is 1. The molecule has 0 radical (unpaired) electrons. The molecule has 0 heterocycles. The van der Waals surface area contributed by atoms with Crippen LogP contribution in [0.4, 0.5) is 17.1 Å². The Kier molecular flexibility index (Phi) is 10.2. The lowest BCUT2D eigenvalue weighted by Gasteiger charge is -2.23. The summed E-state index contributed by atoms with van der Waals surface area (Å²) < 4.78 is 10.4. The number of carboxylic acids is 1. The molecule has 0 unspecified atom stereocenters. The third kappa shape index (κ3) is 8.71. The number of aryl methyl sites for hydroxylation is 1. The summed E-state index contributed by atoms with van der Waals surface area (Å²) in [5.74, 6) is -4.91. The molecule has 43 heavy (non-hydrogen) atoms. The molecule has 4 rings (SSSR count). The van der Waals surface area contributed by atoms with Gasteiger partial charge in [0, 0.05) is 15.7 Å². The van der Waals surface area contributed by atoms with Crippen LogP contribution in [0.3, 0.4) is 0 Å². The monoisotopic (exact) mass is 619 g/mol. The maximum atomic E-state index is 13.3. The second-order valence-corrected chi connectivity index (χ2v) is 9.95. The maximum absolute atomic E-state index is 13.3. The van der Waals surface area contributed by atoms with Crippen molar-refractivity contribution in [3.63, 3.8) is 0 Å². The minimum atomic E-state index is -2.21. The Morgan fingerprint density at radius 1 is 0.651 bits per heavy atom. The van der Waals surface area contributed by atoms with E-state index in [1.54, 1.807) is 12.1 Å². The van der Waals surface area contributed by atoms with Gasteiger partial charge in [-0.05, 0) is 91.9 Å². The largest absolute Gasteiger partial charge is 0.478 e. The molecular weight excluding hydrogens is 597 g/mol. The zero-order valence-corrected chi connectivity index (χ0v) is 24.0. The number of ether oxygens (including phenoxy) is 2. The predicted molar refractivity (Wildman–Crippen MR) is 159 cm³/mol. The lowest BCUT2D eigenvalue weighted by atomic mass is 10.1. The molecule has 0 aromatic heterocycles. The molecule has 1 amide bonds. The molecule has 0 aliphatic carbocycles. The number of carbonyl (C=O) groups excluding carboxylic acids is 3. The van der Waals surface area contributed by atoms with Gasteiger partial charge in [-0.2, -0.15) is 10.2 Å². The Morgan fingerprint density at radius 3 is 1.51 bits per heavy atom. The van der Waals surface area contributed by atoms with Crippen LogP contribution in [-0.2, 0) is 19.1 Å². The van der Waals surface area contributed by atoms with Gasteiger partial charge in [-0.3, -0.25) is 4.79 Å². The second kappa shape index (κ2) is 14.2. The van der Waals surface area contributed by atoms with E-state index in [-0.39, 0.29) is 16.8 Å². The molecular formula is C31H23Cl2N3O7. The highest BCUT2D eigenvalue weighted by atomic mass is 35.5. The molecule has 0 saturated heterocycles. The minimum absolute atomic E-state index is 0.0151. The zero-order valence-electron chi connectivity index (χ0n) is 22.4. The second-order valence-electron chi connectivity index (χ2n) is 9.08. The van der Waals surface area contributed by atoms with Crippen molar-refractivity contribution < 1.29 is 33.8 Å². The number of carbonyl (C=O) groups is 4. The number of benzene rings is 4. The first kappa shape index (κ1) is 30.9. The van der Waals surface area contributed by atoms with E-state index in [4.69, 9.17) is 32.7 Å². The van der Waals surface area contributed by atoms with Crippen LogP contribution in [0, 0.1) is 6.92 Å². The summed E-state index contributed by atoms with van der Waals surface area (Å²) in [6.07, 6.45) is -4.29. The van der Waals surface area contributed by atoms with E-state index in [0.717, 1.165) is 5.56 Å². The summed E-state index contributed by atoms with van der Waals surface area (Å²) in [7, 11) is 0.